The predicted molar refractivity (Wildman–Crippen MR) is 100 cm³/mol. The van der Waals surface area contributed by atoms with E-state index in [9.17, 15) is 9.18 Å². The Hall–Kier alpha value is -2.60. The number of fused-ring (bicyclic) bond motifs is 1. The Morgan fingerprint density at radius 3 is 2.73 bits per heavy atom. The molecule has 0 spiro atoms. The molecule has 0 aliphatic carbocycles. The number of hydrogen-bond acceptors (Lipinski definition) is 3. The molecule has 1 fully saturated rings. The van der Waals surface area contributed by atoms with Crippen LogP contribution < -0.4 is 4.90 Å². The summed E-state index contributed by atoms with van der Waals surface area (Å²) < 4.78 is 14.1. The van der Waals surface area contributed by atoms with Crippen molar-refractivity contribution in [2.75, 3.05) is 31.1 Å². The molecule has 0 bridgehead atoms. The topological polar surface area (TPSA) is 52.2 Å². The molecule has 0 saturated carbocycles. The fourth-order valence-corrected chi connectivity index (χ4v) is 3.53. The third kappa shape index (κ3) is 3.12. The summed E-state index contributed by atoms with van der Waals surface area (Å²) in [5, 5.41) is 0.147. The van der Waals surface area contributed by atoms with Crippen molar-refractivity contribution in [3.05, 3.63) is 58.9 Å². The highest BCUT2D eigenvalue weighted by Crippen LogP contribution is 2.23. The number of rotatable bonds is 2. The van der Waals surface area contributed by atoms with E-state index in [0.29, 0.717) is 19.6 Å². The summed E-state index contributed by atoms with van der Waals surface area (Å²) in [5.74, 6) is -0.148. The Morgan fingerprint density at radius 2 is 1.92 bits per heavy atom. The molecule has 26 heavy (non-hydrogen) atoms. The van der Waals surface area contributed by atoms with Crippen molar-refractivity contribution in [1.82, 2.24) is 14.9 Å². The standard InChI is InChI=1S/C19H18ClFN4O/c20-13-5-3-6-14(21)17(13)18(26)24-9-4-10-25(12-11-24)19-22-15-7-1-2-8-16(15)23-19/h1-3,5-8H,4,9-12H2,(H,22,23). The lowest BCUT2D eigenvalue weighted by molar-refractivity contribution is 0.0762. The van der Waals surface area contributed by atoms with E-state index in [1.54, 1.807) is 4.90 Å². The monoisotopic (exact) mass is 372 g/mol. The first-order valence-corrected chi connectivity index (χ1v) is 8.94. The van der Waals surface area contributed by atoms with Crippen LogP contribution in [0.5, 0.6) is 0 Å². The van der Waals surface area contributed by atoms with Gasteiger partial charge in [0.25, 0.3) is 5.91 Å². The molecule has 1 N–H and O–H groups in total. The molecular formula is C19H18ClFN4O. The lowest BCUT2D eigenvalue weighted by Gasteiger charge is -2.22. The van der Waals surface area contributed by atoms with Crippen LogP contribution in [0.3, 0.4) is 0 Å². The van der Waals surface area contributed by atoms with E-state index in [1.165, 1.54) is 18.2 Å². The zero-order valence-electron chi connectivity index (χ0n) is 14.1. The summed E-state index contributed by atoms with van der Waals surface area (Å²) in [5.41, 5.74) is 1.85. The van der Waals surface area contributed by atoms with Gasteiger partial charge in [-0.05, 0) is 30.7 Å². The number of anilines is 1. The van der Waals surface area contributed by atoms with Crippen LogP contribution in [0, 0.1) is 5.82 Å². The zero-order valence-corrected chi connectivity index (χ0v) is 14.8. The Morgan fingerprint density at radius 1 is 1.08 bits per heavy atom. The molecule has 2 heterocycles. The van der Waals surface area contributed by atoms with E-state index in [-0.39, 0.29) is 16.5 Å². The van der Waals surface area contributed by atoms with Crippen LogP contribution >= 0.6 is 11.6 Å². The number of imidazole rings is 1. The highest BCUT2D eigenvalue weighted by Gasteiger charge is 2.25. The number of nitrogens with one attached hydrogen (secondary N) is 1. The van der Waals surface area contributed by atoms with E-state index in [0.717, 1.165) is 29.9 Å². The van der Waals surface area contributed by atoms with Crippen LogP contribution in [0.2, 0.25) is 5.02 Å². The molecule has 1 aromatic heterocycles. The van der Waals surface area contributed by atoms with Gasteiger partial charge in [0, 0.05) is 26.2 Å². The zero-order chi connectivity index (χ0) is 18.1. The highest BCUT2D eigenvalue weighted by atomic mass is 35.5. The highest BCUT2D eigenvalue weighted by molar-refractivity contribution is 6.33. The Bertz CT molecular complexity index is 904. The Kier molecular flexibility index (Phi) is 4.51. The van der Waals surface area contributed by atoms with Crippen LogP contribution in [0.25, 0.3) is 11.0 Å². The summed E-state index contributed by atoms with van der Waals surface area (Å²) >= 11 is 6.04. The third-order valence-electron chi connectivity index (χ3n) is 4.64. The number of H-pyrrole nitrogens is 1. The smallest absolute Gasteiger partial charge is 0.258 e. The molecule has 1 saturated heterocycles. The van der Waals surface area contributed by atoms with Crippen molar-refractivity contribution in [3.8, 4) is 0 Å². The van der Waals surface area contributed by atoms with Gasteiger partial charge in [0.05, 0.1) is 21.6 Å². The summed E-state index contributed by atoms with van der Waals surface area (Å²) in [6, 6.07) is 12.2. The minimum atomic E-state index is -0.583. The number of amides is 1. The molecule has 0 radical (unpaired) electrons. The van der Waals surface area contributed by atoms with Crippen molar-refractivity contribution in [2.45, 2.75) is 6.42 Å². The van der Waals surface area contributed by atoms with Crippen molar-refractivity contribution in [1.29, 1.82) is 0 Å². The second-order valence-corrected chi connectivity index (χ2v) is 6.71. The normalized spacial score (nSPS) is 15.3. The first kappa shape index (κ1) is 16.8. The number of para-hydroxylation sites is 2. The molecule has 2 aromatic carbocycles. The van der Waals surface area contributed by atoms with Gasteiger partial charge in [0.15, 0.2) is 0 Å². The molecule has 1 aliphatic rings. The van der Waals surface area contributed by atoms with Gasteiger partial charge in [-0.25, -0.2) is 9.37 Å². The SMILES string of the molecule is O=C(c1c(F)cccc1Cl)N1CCCN(c2nc3ccccc3[nH]2)CC1. The molecule has 1 aliphatic heterocycles. The van der Waals surface area contributed by atoms with Crippen molar-refractivity contribution < 1.29 is 9.18 Å². The summed E-state index contributed by atoms with van der Waals surface area (Å²) in [7, 11) is 0. The summed E-state index contributed by atoms with van der Waals surface area (Å²) in [6.07, 6.45) is 0.773. The predicted octanol–water partition coefficient (Wildman–Crippen LogP) is 3.71. The molecule has 1 amide bonds. The van der Waals surface area contributed by atoms with Gasteiger partial charge in [-0.15, -0.1) is 0 Å². The molecule has 5 nitrogen and oxygen atoms in total. The maximum absolute atomic E-state index is 14.1. The van der Waals surface area contributed by atoms with Crippen LogP contribution in [-0.2, 0) is 0 Å². The maximum atomic E-state index is 14.1. The van der Waals surface area contributed by atoms with Crippen molar-refractivity contribution >= 4 is 34.5 Å². The fraction of sp³-hybridized carbons (Fsp3) is 0.263. The summed E-state index contributed by atoms with van der Waals surface area (Å²) in [6.45, 7) is 2.44. The number of hydrogen-bond donors (Lipinski definition) is 1. The average molecular weight is 373 g/mol. The fourth-order valence-electron chi connectivity index (χ4n) is 3.28. The average Bonchev–Trinajstić information content (AvgIpc) is 2.90. The molecule has 4 rings (SSSR count). The quantitative estimate of drug-likeness (QED) is 0.746. The molecule has 0 unspecified atom stereocenters. The van der Waals surface area contributed by atoms with E-state index in [4.69, 9.17) is 11.6 Å². The van der Waals surface area contributed by atoms with Crippen LogP contribution in [-0.4, -0.2) is 47.0 Å². The van der Waals surface area contributed by atoms with Gasteiger partial charge in [0.1, 0.15) is 5.82 Å². The van der Waals surface area contributed by atoms with Crippen LogP contribution in [0.15, 0.2) is 42.5 Å². The largest absolute Gasteiger partial charge is 0.341 e. The van der Waals surface area contributed by atoms with Gasteiger partial charge < -0.3 is 14.8 Å². The van der Waals surface area contributed by atoms with E-state index < -0.39 is 5.82 Å². The number of aromatic amines is 1. The number of carbonyl (C=O) groups is 1. The lowest BCUT2D eigenvalue weighted by atomic mass is 10.1. The van der Waals surface area contributed by atoms with Crippen LogP contribution in [0.4, 0.5) is 10.3 Å². The van der Waals surface area contributed by atoms with E-state index in [1.807, 2.05) is 24.3 Å². The molecular weight excluding hydrogens is 355 g/mol. The second-order valence-electron chi connectivity index (χ2n) is 6.31. The number of benzene rings is 2. The molecule has 0 atom stereocenters. The first-order valence-electron chi connectivity index (χ1n) is 8.56. The number of carbonyl (C=O) groups excluding carboxylic acids is 1. The van der Waals surface area contributed by atoms with Crippen molar-refractivity contribution in [2.24, 2.45) is 0 Å². The van der Waals surface area contributed by atoms with Gasteiger partial charge >= 0.3 is 0 Å². The van der Waals surface area contributed by atoms with Crippen molar-refractivity contribution in [3.63, 3.8) is 0 Å². The first-order chi connectivity index (χ1) is 12.6. The Labute approximate surface area is 155 Å². The molecule has 3 aromatic rings. The molecule has 7 heteroatoms. The van der Waals surface area contributed by atoms with Gasteiger partial charge in [-0.1, -0.05) is 29.8 Å². The third-order valence-corrected chi connectivity index (χ3v) is 4.95. The Balaban J connectivity index is 1.52. The van der Waals surface area contributed by atoms with Gasteiger partial charge in [-0.2, -0.15) is 0 Å². The van der Waals surface area contributed by atoms with Gasteiger partial charge in [-0.3, -0.25) is 4.79 Å². The maximum Gasteiger partial charge on any atom is 0.258 e. The van der Waals surface area contributed by atoms with Gasteiger partial charge in [0.2, 0.25) is 5.95 Å². The molecule has 134 valence electrons. The summed E-state index contributed by atoms with van der Waals surface area (Å²) in [4.78, 5) is 24.5. The minimum Gasteiger partial charge on any atom is -0.341 e. The number of aromatic nitrogens is 2. The number of nitrogens with zero attached hydrogens (tertiary/aromatic N) is 3. The lowest BCUT2D eigenvalue weighted by Crippen LogP contribution is -2.36. The second kappa shape index (κ2) is 6.96. The minimum absolute atomic E-state index is 0.0497. The van der Waals surface area contributed by atoms with E-state index >= 15 is 0 Å². The van der Waals surface area contributed by atoms with E-state index in [2.05, 4.69) is 14.9 Å². The van der Waals surface area contributed by atoms with Crippen LogP contribution in [0.1, 0.15) is 16.8 Å². The number of halogens is 2.